The molecule has 1 aromatic carbocycles. The van der Waals surface area contributed by atoms with Crippen molar-refractivity contribution in [2.75, 3.05) is 18.4 Å². The average Bonchev–Trinajstić information content (AvgIpc) is 2.37. The summed E-state index contributed by atoms with van der Waals surface area (Å²) < 4.78 is 0. The number of aryl methyl sites for hydroxylation is 1. The summed E-state index contributed by atoms with van der Waals surface area (Å²) in [5.41, 5.74) is 1.88. The number of non-ortho nitro benzene ring substituents is 1. The van der Waals surface area contributed by atoms with E-state index in [1.165, 1.54) is 19.3 Å². The summed E-state index contributed by atoms with van der Waals surface area (Å²) in [6, 6.07) is 5.59. The van der Waals surface area contributed by atoms with Gasteiger partial charge in [-0.2, -0.15) is 0 Å². The molecule has 0 bridgehead atoms. The lowest BCUT2D eigenvalue weighted by Crippen LogP contribution is -2.39. The highest BCUT2D eigenvalue weighted by atomic mass is 16.6. The molecule has 1 aromatic rings. The van der Waals surface area contributed by atoms with Gasteiger partial charge in [0.25, 0.3) is 5.69 Å². The second kappa shape index (κ2) is 5.82. The highest BCUT2D eigenvalue weighted by Crippen LogP contribution is 2.20. The highest BCUT2D eigenvalue weighted by molar-refractivity contribution is 5.53. The summed E-state index contributed by atoms with van der Waals surface area (Å²) in [4.78, 5) is 10.4. The molecule has 1 fully saturated rings. The van der Waals surface area contributed by atoms with Gasteiger partial charge in [-0.25, -0.2) is 0 Å². The fourth-order valence-electron chi connectivity index (χ4n) is 2.31. The predicted octanol–water partition coefficient (Wildman–Crippen LogP) is 2.46. The lowest BCUT2D eigenvalue weighted by molar-refractivity contribution is -0.384. The number of nitrogens with zero attached hydrogens (tertiary/aromatic N) is 1. The van der Waals surface area contributed by atoms with Gasteiger partial charge in [0, 0.05) is 30.4 Å². The first-order chi connectivity index (χ1) is 8.65. The largest absolute Gasteiger partial charge is 0.383 e. The number of hydrogen-bond donors (Lipinski definition) is 2. The van der Waals surface area contributed by atoms with Crippen LogP contribution in [0.25, 0.3) is 0 Å². The van der Waals surface area contributed by atoms with Crippen LogP contribution in [0.3, 0.4) is 0 Å². The molecule has 2 N–H and O–H groups in total. The fraction of sp³-hybridized carbons (Fsp3) is 0.538. The number of benzene rings is 1. The van der Waals surface area contributed by atoms with Crippen molar-refractivity contribution in [1.29, 1.82) is 0 Å². The molecule has 5 heteroatoms. The first-order valence-corrected chi connectivity index (χ1v) is 6.38. The lowest BCUT2D eigenvalue weighted by atomic mass is 10.0. The molecule has 1 unspecified atom stereocenters. The molecule has 1 heterocycles. The van der Waals surface area contributed by atoms with E-state index in [0.717, 1.165) is 24.3 Å². The summed E-state index contributed by atoms with van der Waals surface area (Å²) >= 11 is 0. The Bertz CT molecular complexity index is 428. The molecule has 0 saturated carbocycles. The van der Waals surface area contributed by atoms with Crippen molar-refractivity contribution in [2.24, 2.45) is 0 Å². The van der Waals surface area contributed by atoms with Crippen LogP contribution in [-0.4, -0.2) is 24.1 Å². The van der Waals surface area contributed by atoms with Crippen molar-refractivity contribution >= 4 is 11.4 Å². The molecular formula is C13H19N3O2. The molecule has 2 rings (SSSR count). The molecule has 0 aromatic heterocycles. The maximum atomic E-state index is 10.8. The van der Waals surface area contributed by atoms with Crippen molar-refractivity contribution in [3.8, 4) is 0 Å². The first-order valence-electron chi connectivity index (χ1n) is 6.38. The van der Waals surface area contributed by atoms with Gasteiger partial charge in [0.15, 0.2) is 0 Å². The third-order valence-corrected chi connectivity index (χ3v) is 3.24. The first kappa shape index (κ1) is 12.8. The summed E-state index contributed by atoms with van der Waals surface area (Å²) in [6.45, 7) is 3.76. The molecule has 98 valence electrons. The number of nitrogens with one attached hydrogen (secondary N) is 2. The number of nitro groups is 1. The van der Waals surface area contributed by atoms with E-state index in [4.69, 9.17) is 0 Å². The minimum absolute atomic E-state index is 0.147. The van der Waals surface area contributed by atoms with Crippen LogP contribution in [0.1, 0.15) is 24.8 Å². The zero-order valence-electron chi connectivity index (χ0n) is 10.6. The van der Waals surface area contributed by atoms with E-state index in [9.17, 15) is 10.1 Å². The third kappa shape index (κ3) is 3.43. The fourth-order valence-corrected chi connectivity index (χ4v) is 2.31. The molecule has 1 atom stereocenters. The number of nitro benzene ring substituents is 1. The number of rotatable bonds is 4. The number of anilines is 1. The molecule has 0 radical (unpaired) electrons. The molecular weight excluding hydrogens is 230 g/mol. The van der Waals surface area contributed by atoms with Crippen LogP contribution in [0.2, 0.25) is 0 Å². The van der Waals surface area contributed by atoms with Crippen LogP contribution in [-0.2, 0) is 0 Å². The van der Waals surface area contributed by atoms with Crippen LogP contribution >= 0.6 is 0 Å². The number of hydrogen-bond acceptors (Lipinski definition) is 4. The van der Waals surface area contributed by atoms with E-state index in [0.29, 0.717) is 6.04 Å². The van der Waals surface area contributed by atoms with E-state index >= 15 is 0 Å². The summed E-state index contributed by atoms with van der Waals surface area (Å²) in [6.07, 6.45) is 3.67. The SMILES string of the molecule is Cc1cc(NCC2CCCCN2)cc([N+](=O)[O-])c1. The molecule has 5 nitrogen and oxygen atoms in total. The molecule has 1 aliphatic heterocycles. The summed E-state index contributed by atoms with van der Waals surface area (Å²) in [7, 11) is 0. The van der Waals surface area contributed by atoms with Crippen molar-refractivity contribution < 1.29 is 4.92 Å². The molecule has 1 aliphatic rings. The zero-order chi connectivity index (χ0) is 13.0. The van der Waals surface area contributed by atoms with Gasteiger partial charge in [-0.3, -0.25) is 10.1 Å². The van der Waals surface area contributed by atoms with Crippen molar-refractivity contribution in [2.45, 2.75) is 32.2 Å². The Kier molecular flexibility index (Phi) is 4.15. The minimum Gasteiger partial charge on any atom is -0.383 e. The minimum atomic E-state index is -0.350. The zero-order valence-corrected chi connectivity index (χ0v) is 10.6. The van der Waals surface area contributed by atoms with Gasteiger partial charge in [-0.1, -0.05) is 6.42 Å². The van der Waals surface area contributed by atoms with Crippen molar-refractivity contribution in [3.63, 3.8) is 0 Å². The predicted molar refractivity (Wildman–Crippen MR) is 72.0 cm³/mol. The maximum Gasteiger partial charge on any atom is 0.271 e. The van der Waals surface area contributed by atoms with E-state index < -0.39 is 0 Å². The summed E-state index contributed by atoms with van der Waals surface area (Å²) in [5.74, 6) is 0. The Hall–Kier alpha value is -1.62. The van der Waals surface area contributed by atoms with Crippen LogP contribution < -0.4 is 10.6 Å². The Labute approximate surface area is 107 Å². The summed E-state index contributed by atoms with van der Waals surface area (Å²) in [5, 5.41) is 17.5. The standard InChI is InChI=1S/C13H19N3O2/c1-10-6-12(8-13(7-10)16(17)18)15-9-11-4-2-3-5-14-11/h6-8,11,14-15H,2-5,9H2,1H3. The van der Waals surface area contributed by atoms with Gasteiger partial charge in [0.1, 0.15) is 0 Å². The monoisotopic (exact) mass is 249 g/mol. The van der Waals surface area contributed by atoms with Crippen LogP contribution in [0.4, 0.5) is 11.4 Å². The average molecular weight is 249 g/mol. The van der Waals surface area contributed by atoms with Gasteiger partial charge in [-0.15, -0.1) is 0 Å². The molecule has 1 saturated heterocycles. The van der Waals surface area contributed by atoms with Crippen molar-refractivity contribution in [3.05, 3.63) is 33.9 Å². The second-order valence-corrected chi connectivity index (χ2v) is 4.84. The van der Waals surface area contributed by atoms with E-state index in [1.807, 2.05) is 13.0 Å². The van der Waals surface area contributed by atoms with Crippen LogP contribution in [0, 0.1) is 17.0 Å². The lowest BCUT2D eigenvalue weighted by Gasteiger charge is -2.24. The second-order valence-electron chi connectivity index (χ2n) is 4.84. The Balaban J connectivity index is 1.97. The van der Waals surface area contributed by atoms with E-state index in [1.54, 1.807) is 12.1 Å². The number of piperidine rings is 1. The van der Waals surface area contributed by atoms with Gasteiger partial charge in [0.05, 0.1) is 4.92 Å². The highest BCUT2D eigenvalue weighted by Gasteiger charge is 2.13. The third-order valence-electron chi connectivity index (χ3n) is 3.24. The van der Waals surface area contributed by atoms with Gasteiger partial charge in [-0.05, 0) is 37.9 Å². The van der Waals surface area contributed by atoms with E-state index in [2.05, 4.69) is 10.6 Å². The van der Waals surface area contributed by atoms with Gasteiger partial charge >= 0.3 is 0 Å². The van der Waals surface area contributed by atoms with Gasteiger partial charge < -0.3 is 10.6 Å². The van der Waals surface area contributed by atoms with Crippen LogP contribution in [0.5, 0.6) is 0 Å². The molecule has 0 amide bonds. The van der Waals surface area contributed by atoms with Crippen molar-refractivity contribution in [1.82, 2.24) is 5.32 Å². The Morgan fingerprint density at radius 1 is 1.44 bits per heavy atom. The normalized spacial score (nSPS) is 19.5. The molecule has 0 aliphatic carbocycles. The quantitative estimate of drug-likeness (QED) is 0.635. The van der Waals surface area contributed by atoms with Gasteiger partial charge in [0.2, 0.25) is 0 Å². The van der Waals surface area contributed by atoms with E-state index in [-0.39, 0.29) is 10.6 Å². The Morgan fingerprint density at radius 2 is 2.28 bits per heavy atom. The Morgan fingerprint density at radius 3 is 2.94 bits per heavy atom. The molecule has 0 spiro atoms. The van der Waals surface area contributed by atoms with Crippen LogP contribution in [0.15, 0.2) is 18.2 Å². The molecule has 18 heavy (non-hydrogen) atoms. The smallest absolute Gasteiger partial charge is 0.271 e. The topological polar surface area (TPSA) is 67.2 Å². The maximum absolute atomic E-state index is 10.8.